The molecule has 0 saturated carbocycles. The van der Waals surface area contributed by atoms with E-state index in [2.05, 4.69) is 25.7 Å². The topological polar surface area (TPSA) is 63.6 Å². The van der Waals surface area contributed by atoms with Gasteiger partial charge in [0.2, 0.25) is 0 Å². The molecule has 0 bridgehead atoms. The molecule has 0 saturated heterocycles. The first-order chi connectivity index (χ1) is 16.1. The molecule has 1 N–H and O–H groups in total. The molecule has 33 heavy (non-hydrogen) atoms. The zero-order chi connectivity index (χ0) is 24.4. The second-order valence-corrected chi connectivity index (χ2v) is 9.35. The van der Waals surface area contributed by atoms with Gasteiger partial charge in [-0.25, -0.2) is 0 Å². The molecule has 0 aliphatic carbocycles. The van der Waals surface area contributed by atoms with Crippen LogP contribution in [0.25, 0.3) is 0 Å². The van der Waals surface area contributed by atoms with Crippen LogP contribution in [0.15, 0.2) is 24.8 Å². The van der Waals surface area contributed by atoms with Gasteiger partial charge in [0.25, 0.3) is 0 Å². The summed E-state index contributed by atoms with van der Waals surface area (Å²) in [4.78, 5) is 22.9. The fraction of sp³-hybridized carbons (Fsp3) is 0.793. The monoisotopic (exact) mass is 464 g/mol. The molecule has 0 aromatic heterocycles. The van der Waals surface area contributed by atoms with Crippen LogP contribution in [0.5, 0.6) is 0 Å². The molecule has 4 heteroatoms. The fourth-order valence-corrected chi connectivity index (χ4v) is 4.07. The van der Waals surface area contributed by atoms with Crippen molar-refractivity contribution in [3.8, 4) is 0 Å². The SMILES string of the molecule is C=CCOC(=O)CC(CCCCCCC/C=C/CCCCCCCCCCCCC)C(=O)O. The van der Waals surface area contributed by atoms with Gasteiger partial charge in [0.15, 0.2) is 0 Å². The number of hydrogen-bond donors (Lipinski definition) is 1. The molecule has 0 spiro atoms. The number of aliphatic carboxylic acids is 1. The number of ether oxygens (including phenoxy) is 1. The van der Waals surface area contributed by atoms with Crippen molar-refractivity contribution in [1.29, 1.82) is 0 Å². The largest absolute Gasteiger partial charge is 0.481 e. The van der Waals surface area contributed by atoms with E-state index < -0.39 is 17.9 Å². The molecule has 1 atom stereocenters. The highest BCUT2D eigenvalue weighted by Gasteiger charge is 2.21. The molecular weight excluding hydrogens is 412 g/mol. The Bertz CT molecular complexity index is 498. The molecule has 0 fully saturated rings. The molecule has 192 valence electrons. The third kappa shape index (κ3) is 23.4. The van der Waals surface area contributed by atoms with Crippen LogP contribution in [0.2, 0.25) is 0 Å². The minimum atomic E-state index is -0.909. The first kappa shape index (κ1) is 31.4. The number of carboxylic acid groups (broad SMARTS) is 1. The molecule has 0 aliphatic heterocycles. The molecule has 0 radical (unpaired) electrons. The van der Waals surface area contributed by atoms with E-state index in [1.807, 2.05) is 0 Å². The third-order valence-electron chi connectivity index (χ3n) is 6.19. The number of carbonyl (C=O) groups is 2. The molecule has 0 amide bonds. The standard InChI is InChI=1S/C29H52O4/c1-3-5-6-7-8-9-10-11-12-13-14-15-16-17-18-19-20-21-22-23-24-27(29(31)32)26-28(30)33-25-4-2/h4,16-17,27H,2-3,5-15,18-26H2,1H3,(H,31,32)/b17-16+. The van der Waals surface area contributed by atoms with Crippen molar-refractivity contribution in [3.05, 3.63) is 24.8 Å². The fourth-order valence-electron chi connectivity index (χ4n) is 4.07. The summed E-state index contributed by atoms with van der Waals surface area (Å²) >= 11 is 0. The van der Waals surface area contributed by atoms with Crippen LogP contribution in [0.3, 0.4) is 0 Å². The van der Waals surface area contributed by atoms with E-state index >= 15 is 0 Å². The number of hydrogen-bond acceptors (Lipinski definition) is 3. The van der Waals surface area contributed by atoms with Crippen LogP contribution < -0.4 is 0 Å². The number of allylic oxidation sites excluding steroid dienone is 2. The summed E-state index contributed by atoms with van der Waals surface area (Å²) in [6, 6.07) is 0. The van der Waals surface area contributed by atoms with E-state index in [1.54, 1.807) is 0 Å². The molecular formula is C29H52O4. The molecule has 4 nitrogen and oxygen atoms in total. The number of esters is 1. The summed E-state index contributed by atoms with van der Waals surface area (Å²) in [6.45, 7) is 5.89. The van der Waals surface area contributed by atoms with E-state index in [1.165, 1.54) is 96.0 Å². The van der Waals surface area contributed by atoms with Crippen LogP contribution in [0, 0.1) is 5.92 Å². The Labute approximate surface area is 204 Å². The zero-order valence-electron chi connectivity index (χ0n) is 21.5. The van der Waals surface area contributed by atoms with Gasteiger partial charge >= 0.3 is 11.9 Å². The van der Waals surface area contributed by atoms with E-state index in [0.29, 0.717) is 6.42 Å². The van der Waals surface area contributed by atoms with Gasteiger partial charge in [-0.05, 0) is 32.1 Å². The lowest BCUT2D eigenvalue weighted by molar-refractivity contribution is -0.151. The Kier molecular flexibility index (Phi) is 23.9. The van der Waals surface area contributed by atoms with Crippen LogP contribution in [0.4, 0.5) is 0 Å². The minimum absolute atomic E-state index is 0.0485. The highest BCUT2D eigenvalue weighted by molar-refractivity contribution is 5.78. The van der Waals surface area contributed by atoms with Gasteiger partial charge in [0.1, 0.15) is 6.61 Å². The molecule has 0 rings (SSSR count). The lowest BCUT2D eigenvalue weighted by Gasteiger charge is -2.11. The number of carboxylic acids is 1. The van der Waals surface area contributed by atoms with Crippen molar-refractivity contribution in [2.75, 3.05) is 6.61 Å². The molecule has 0 aromatic rings. The van der Waals surface area contributed by atoms with E-state index in [9.17, 15) is 14.7 Å². The second kappa shape index (κ2) is 25.1. The lowest BCUT2D eigenvalue weighted by Crippen LogP contribution is -2.19. The quantitative estimate of drug-likeness (QED) is 0.0832. The average Bonchev–Trinajstić information content (AvgIpc) is 2.80. The molecule has 0 aromatic carbocycles. The maximum absolute atomic E-state index is 11.6. The Morgan fingerprint density at radius 2 is 1.21 bits per heavy atom. The van der Waals surface area contributed by atoms with Crippen LogP contribution in [-0.2, 0) is 14.3 Å². The van der Waals surface area contributed by atoms with Crippen molar-refractivity contribution in [3.63, 3.8) is 0 Å². The normalized spacial score (nSPS) is 12.2. The van der Waals surface area contributed by atoms with Crippen molar-refractivity contribution in [2.45, 2.75) is 135 Å². The first-order valence-corrected chi connectivity index (χ1v) is 13.8. The summed E-state index contributed by atoms with van der Waals surface area (Å²) in [7, 11) is 0. The van der Waals surface area contributed by atoms with Crippen LogP contribution in [0.1, 0.15) is 135 Å². The van der Waals surface area contributed by atoms with Gasteiger partial charge in [0, 0.05) is 0 Å². The Balaban J connectivity index is 3.44. The highest BCUT2D eigenvalue weighted by Crippen LogP contribution is 2.17. The Hall–Kier alpha value is -1.58. The third-order valence-corrected chi connectivity index (χ3v) is 6.19. The van der Waals surface area contributed by atoms with Crippen molar-refractivity contribution in [1.82, 2.24) is 0 Å². The van der Waals surface area contributed by atoms with Crippen molar-refractivity contribution < 1.29 is 19.4 Å². The smallest absolute Gasteiger partial charge is 0.307 e. The Morgan fingerprint density at radius 3 is 1.67 bits per heavy atom. The van der Waals surface area contributed by atoms with Gasteiger partial charge in [-0.1, -0.05) is 122 Å². The lowest BCUT2D eigenvalue weighted by atomic mass is 9.97. The maximum atomic E-state index is 11.6. The van der Waals surface area contributed by atoms with Gasteiger partial charge < -0.3 is 9.84 Å². The summed E-state index contributed by atoms with van der Waals surface area (Å²) in [5, 5.41) is 9.27. The second-order valence-electron chi connectivity index (χ2n) is 9.35. The summed E-state index contributed by atoms with van der Waals surface area (Å²) in [6.07, 6.45) is 29.7. The molecule has 0 aliphatic rings. The summed E-state index contributed by atoms with van der Waals surface area (Å²) in [5.74, 6) is -2.00. The van der Waals surface area contributed by atoms with Crippen molar-refractivity contribution in [2.24, 2.45) is 5.92 Å². The van der Waals surface area contributed by atoms with Gasteiger partial charge in [-0.3, -0.25) is 9.59 Å². The minimum Gasteiger partial charge on any atom is -0.481 e. The maximum Gasteiger partial charge on any atom is 0.307 e. The number of rotatable bonds is 25. The van der Waals surface area contributed by atoms with E-state index in [-0.39, 0.29) is 13.0 Å². The van der Waals surface area contributed by atoms with Gasteiger partial charge in [-0.15, -0.1) is 0 Å². The van der Waals surface area contributed by atoms with E-state index in [0.717, 1.165) is 25.7 Å². The zero-order valence-corrected chi connectivity index (χ0v) is 21.5. The van der Waals surface area contributed by atoms with Crippen molar-refractivity contribution >= 4 is 11.9 Å². The van der Waals surface area contributed by atoms with Gasteiger partial charge in [-0.2, -0.15) is 0 Å². The summed E-state index contributed by atoms with van der Waals surface area (Å²) < 4.78 is 4.89. The average molecular weight is 465 g/mol. The van der Waals surface area contributed by atoms with Crippen LogP contribution >= 0.6 is 0 Å². The Morgan fingerprint density at radius 1 is 0.758 bits per heavy atom. The predicted molar refractivity (Wildman–Crippen MR) is 139 cm³/mol. The molecule has 0 heterocycles. The predicted octanol–water partition coefficient (Wildman–Crippen LogP) is 8.79. The number of carbonyl (C=O) groups excluding carboxylic acids is 1. The van der Waals surface area contributed by atoms with Gasteiger partial charge in [0.05, 0.1) is 12.3 Å². The van der Waals surface area contributed by atoms with E-state index in [4.69, 9.17) is 4.74 Å². The number of unbranched alkanes of at least 4 members (excludes halogenated alkanes) is 16. The summed E-state index contributed by atoms with van der Waals surface area (Å²) in [5.41, 5.74) is 0. The first-order valence-electron chi connectivity index (χ1n) is 13.8. The van der Waals surface area contributed by atoms with Crippen LogP contribution in [-0.4, -0.2) is 23.7 Å². The highest BCUT2D eigenvalue weighted by atomic mass is 16.5. The molecule has 1 unspecified atom stereocenters.